The predicted molar refractivity (Wildman–Crippen MR) is 87.2 cm³/mol. The topological polar surface area (TPSA) is 33.5 Å². The lowest BCUT2D eigenvalue weighted by Crippen LogP contribution is -2.24. The fourth-order valence-electron chi connectivity index (χ4n) is 1.91. The van der Waals surface area contributed by atoms with Gasteiger partial charge in [0.15, 0.2) is 0 Å². The minimum atomic E-state index is -0.0435. The molecule has 0 aliphatic heterocycles. The molecule has 0 N–H and O–H groups in total. The van der Waals surface area contributed by atoms with Crippen LogP contribution in [0, 0.1) is 6.92 Å². The van der Waals surface area contributed by atoms with E-state index in [-0.39, 0.29) is 5.91 Å². The smallest absolute Gasteiger partial charge is 0.246 e. The van der Waals surface area contributed by atoms with Crippen molar-refractivity contribution in [3.63, 3.8) is 0 Å². The first kappa shape index (κ1) is 15.4. The number of benzene rings is 1. The average Bonchev–Trinajstić information content (AvgIpc) is 2.91. The van der Waals surface area contributed by atoms with Crippen LogP contribution in [0.1, 0.15) is 17.1 Å². The lowest BCUT2D eigenvalue weighted by Gasteiger charge is -2.15. The highest BCUT2D eigenvalue weighted by Crippen LogP contribution is 2.15. The number of carbonyl (C=O) groups excluding carboxylic acids is 1. The average molecular weight is 301 g/mol. The van der Waals surface area contributed by atoms with E-state index in [9.17, 15) is 4.79 Å². The Morgan fingerprint density at radius 2 is 1.95 bits per heavy atom. The Labute approximate surface area is 129 Å². The van der Waals surface area contributed by atoms with E-state index in [2.05, 4.69) is 24.3 Å². The number of nitrogens with zero attached hydrogens (tertiary/aromatic N) is 1. The normalized spacial score (nSPS) is 11.0. The second-order valence-electron chi connectivity index (χ2n) is 4.82. The van der Waals surface area contributed by atoms with E-state index >= 15 is 0 Å². The van der Waals surface area contributed by atoms with Gasteiger partial charge < -0.3 is 9.32 Å². The van der Waals surface area contributed by atoms with Gasteiger partial charge in [-0.25, -0.2) is 0 Å². The van der Waals surface area contributed by atoms with Gasteiger partial charge in [0.1, 0.15) is 11.5 Å². The van der Waals surface area contributed by atoms with Crippen molar-refractivity contribution in [2.24, 2.45) is 0 Å². The molecule has 0 bridgehead atoms. The van der Waals surface area contributed by atoms with Crippen LogP contribution in [0.2, 0.25) is 0 Å². The summed E-state index contributed by atoms with van der Waals surface area (Å²) in [6.07, 6.45) is 5.28. The molecule has 0 unspecified atom stereocenters. The molecule has 0 atom stereocenters. The van der Waals surface area contributed by atoms with Crippen LogP contribution >= 0.6 is 11.8 Å². The van der Waals surface area contributed by atoms with Gasteiger partial charge in [0.2, 0.25) is 5.91 Å². The van der Waals surface area contributed by atoms with Crippen molar-refractivity contribution >= 4 is 23.7 Å². The van der Waals surface area contributed by atoms with Gasteiger partial charge in [-0.1, -0.05) is 12.1 Å². The number of carbonyl (C=O) groups is 1. The van der Waals surface area contributed by atoms with Crippen LogP contribution < -0.4 is 0 Å². The van der Waals surface area contributed by atoms with Crippen molar-refractivity contribution in [1.29, 1.82) is 0 Å². The Hall–Kier alpha value is -1.94. The van der Waals surface area contributed by atoms with Crippen molar-refractivity contribution in [3.05, 3.63) is 59.6 Å². The number of hydrogen-bond acceptors (Lipinski definition) is 3. The van der Waals surface area contributed by atoms with Crippen molar-refractivity contribution in [2.45, 2.75) is 18.4 Å². The summed E-state index contributed by atoms with van der Waals surface area (Å²) in [5, 5.41) is 0. The summed E-state index contributed by atoms with van der Waals surface area (Å²) in [5.74, 6) is 1.49. The van der Waals surface area contributed by atoms with Gasteiger partial charge >= 0.3 is 0 Å². The first-order chi connectivity index (χ1) is 10.1. The number of thioether (sulfide) groups is 1. The van der Waals surface area contributed by atoms with Gasteiger partial charge in [0.05, 0.1) is 0 Å². The van der Waals surface area contributed by atoms with E-state index in [1.165, 1.54) is 11.0 Å². The van der Waals surface area contributed by atoms with Crippen LogP contribution in [0.25, 0.3) is 6.08 Å². The molecule has 0 radical (unpaired) electrons. The molecule has 1 amide bonds. The second kappa shape index (κ2) is 7.18. The molecule has 2 aromatic rings. The number of amides is 1. The molecule has 0 aliphatic carbocycles. The molecule has 0 aliphatic rings. The maximum absolute atomic E-state index is 12.0. The summed E-state index contributed by atoms with van der Waals surface area (Å²) < 4.78 is 5.40. The van der Waals surface area contributed by atoms with E-state index in [4.69, 9.17) is 4.42 Å². The van der Waals surface area contributed by atoms with Gasteiger partial charge in [0, 0.05) is 24.6 Å². The molecule has 0 spiro atoms. The zero-order chi connectivity index (χ0) is 15.2. The zero-order valence-corrected chi connectivity index (χ0v) is 13.3. The summed E-state index contributed by atoms with van der Waals surface area (Å²) >= 11 is 1.71. The molecule has 0 saturated heterocycles. The molecule has 3 nitrogen and oxygen atoms in total. The SMILES string of the molecule is CSc1ccc(CN(C)C(=O)C=Cc2ccc(C)o2)cc1. The first-order valence-electron chi connectivity index (χ1n) is 6.71. The van der Waals surface area contributed by atoms with Crippen LogP contribution in [0.5, 0.6) is 0 Å². The third-order valence-electron chi connectivity index (χ3n) is 3.11. The van der Waals surface area contributed by atoms with Crippen molar-refractivity contribution in [1.82, 2.24) is 4.90 Å². The third kappa shape index (κ3) is 4.53. The lowest BCUT2D eigenvalue weighted by molar-refractivity contribution is -0.125. The highest BCUT2D eigenvalue weighted by Gasteiger charge is 2.06. The largest absolute Gasteiger partial charge is 0.462 e. The molecule has 0 fully saturated rings. The predicted octanol–water partition coefficient (Wildman–Crippen LogP) is 3.98. The molecular formula is C17H19NO2S. The van der Waals surface area contributed by atoms with E-state index in [1.807, 2.05) is 25.3 Å². The molecule has 1 aromatic heterocycles. The summed E-state index contributed by atoms with van der Waals surface area (Å²) in [7, 11) is 1.79. The maximum atomic E-state index is 12.0. The molecule has 21 heavy (non-hydrogen) atoms. The van der Waals surface area contributed by atoms with Crippen molar-refractivity contribution < 1.29 is 9.21 Å². The summed E-state index contributed by atoms with van der Waals surface area (Å²) in [6.45, 7) is 2.47. The molecular weight excluding hydrogens is 282 g/mol. The van der Waals surface area contributed by atoms with Crippen LogP contribution in [0.3, 0.4) is 0 Å². The van der Waals surface area contributed by atoms with Crippen LogP contribution in [0.4, 0.5) is 0 Å². The standard InChI is InChI=1S/C17H19NO2S/c1-13-4-7-15(20-13)8-11-17(19)18(2)12-14-5-9-16(21-3)10-6-14/h4-11H,12H2,1-3H3. The molecule has 1 aromatic carbocycles. The number of rotatable bonds is 5. The Bertz CT molecular complexity index is 628. The molecule has 0 saturated carbocycles. The molecule has 4 heteroatoms. The number of hydrogen-bond donors (Lipinski definition) is 0. The van der Waals surface area contributed by atoms with Crippen LogP contribution in [0.15, 0.2) is 51.8 Å². The summed E-state index contributed by atoms with van der Waals surface area (Å²) in [4.78, 5) is 14.9. The van der Waals surface area contributed by atoms with E-state index < -0.39 is 0 Å². The maximum Gasteiger partial charge on any atom is 0.246 e. The Kier molecular flexibility index (Phi) is 5.28. The van der Waals surface area contributed by atoms with Gasteiger partial charge in [-0.2, -0.15) is 0 Å². The van der Waals surface area contributed by atoms with E-state index in [0.29, 0.717) is 12.3 Å². The molecule has 110 valence electrons. The minimum absolute atomic E-state index is 0.0435. The van der Waals surface area contributed by atoms with Gasteiger partial charge in [-0.15, -0.1) is 11.8 Å². The monoisotopic (exact) mass is 301 g/mol. The third-order valence-corrected chi connectivity index (χ3v) is 3.85. The van der Waals surface area contributed by atoms with Crippen molar-refractivity contribution in [3.8, 4) is 0 Å². The minimum Gasteiger partial charge on any atom is -0.462 e. The number of furan rings is 1. The quantitative estimate of drug-likeness (QED) is 0.618. The van der Waals surface area contributed by atoms with Crippen molar-refractivity contribution in [2.75, 3.05) is 13.3 Å². The summed E-state index contributed by atoms with van der Waals surface area (Å²) in [6, 6.07) is 12.0. The van der Waals surface area contributed by atoms with E-state index in [0.717, 1.165) is 11.3 Å². The summed E-state index contributed by atoms with van der Waals surface area (Å²) in [5.41, 5.74) is 1.12. The van der Waals surface area contributed by atoms with E-state index in [1.54, 1.807) is 29.8 Å². The zero-order valence-electron chi connectivity index (χ0n) is 12.5. The number of likely N-dealkylation sites (N-methyl/N-ethyl adjacent to an activating group) is 1. The Morgan fingerprint density at radius 1 is 1.24 bits per heavy atom. The Balaban J connectivity index is 1.93. The molecule has 2 rings (SSSR count). The first-order valence-corrected chi connectivity index (χ1v) is 7.93. The van der Waals surface area contributed by atoms with Gasteiger partial charge in [-0.05, 0) is 49.1 Å². The Morgan fingerprint density at radius 3 is 2.52 bits per heavy atom. The van der Waals surface area contributed by atoms with Crippen LogP contribution in [-0.4, -0.2) is 24.1 Å². The highest BCUT2D eigenvalue weighted by molar-refractivity contribution is 7.98. The fourth-order valence-corrected chi connectivity index (χ4v) is 2.31. The van der Waals surface area contributed by atoms with Crippen LogP contribution in [-0.2, 0) is 11.3 Å². The number of aryl methyl sites for hydroxylation is 1. The highest BCUT2D eigenvalue weighted by atomic mass is 32.2. The second-order valence-corrected chi connectivity index (χ2v) is 5.70. The molecule has 1 heterocycles. The lowest BCUT2D eigenvalue weighted by atomic mass is 10.2. The van der Waals surface area contributed by atoms with Gasteiger partial charge in [0.25, 0.3) is 0 Å². The van der Waals surface area contributed by atoms with Gasteiger partial charge in [-0.3, -0.25) is 4.79 Å². The fraction of sp³-hybridized carbons (Fsp3) is 0.235.